The standard InChI is InChI=1S/C22H31N3O5/c1-15-14-29-22(27)25(15)17-9-11-24(12-10-17)21(26)23-16-7-8-19(28-2)20(13-16)30-18-5-3-4-6-18/h7-8,13,15,17-18H,3-6,9-12,14H2,1-2H3,(H,23,26). The minimum absolute atomic E-state index is 0.0977. The predicted molar refractivity (Wildman–Crippen MR) is 112 cm³/mol. The SMILES string of the molecule is COc1ccc(NC(=O)N2CCC(N3C(=O)OCC3C)CC2)cc1OC1CCCC1. The number of carbonyl (C=O) groups is 2. The summed E-state index contributed by atoms with van der Waals surface area (Å²) >= 11 is 0. The molecule has 8 nitrogen and oxygen atoms in total. The molecule has 1 N–H and O–H groups in total. The van der Waals surface area contributed by atoms with E-state index in [4.69, 9.17) is 14.2 Å². The molecular formula is C22H31N3O5. The minimum atomic E-state index is -0.238. The molecule has 1 aromatic carbocycles. The maximum atomic E-state index is 12.8. The number of urea groups is 1. The number of nitrogens with one attached hydrogen (secondary N) is 1. The van der Waals surface area contributed by atoms with Crippen LogP contribution in [-0.2, 0) is 4.74 Å². The zero-order chi connectivity index (χ0) is 21.1. The lowest BCUT2D eigenvalue weighted by Crippen LogP contribution is -2.50. The largest absolute Gasteiger partial charge is 0.493 e. The molecule has 3 amide bonds. The molecule has 2 aliphatic heterocycles. The first-order chi connectivity index (χ1) is 14.5. The lowest BCUT2D eigenvalue weighted by molar-refractivity contribution is 0.118. The third-order valence-electron chi connectivity index (χ3n) is 6.29. The summed E-state index contributed by atoms with van der Waals surface area (Å²) in [5.41, 5.74) is 0.688. The fourth-order valence-corrected chi connectivity index (χ4v) is 4.62. The lowest BCUT2D eigenvalue weighted by atomic mass is 10.0. The van der Waals surface area contributed by atoms with Crippen molar-refractivity contribution in [1.82, 2.24) is 9.80 Å². The number of carbonyl (C=O) groups excluding carboxylic acids is 2. The van der Waals surface area contributed by atoms with Crippen LogP contribution >= 0.6 is 0 Å². The van der Waals surface area contributed by atoms with Gasteiger partial charge in [0.1, 0.15) is 6.61 Å². The molecule has 1 aliphatic carbocycles. The number of cyclic esters (lactones) is 1. The minimum Gasteiger partial charge on any atom is -0.493 e. The molecular weight excluding hydrogens is 386 g/mol. The highest BCUT2D eigenvalue weighted by Gasteiger charge is 2.37. The van der Waals surface area contributed by atoms with E-state index in [0.29, 0.717) is 36.9 Å². The van der Waals surface area contributed by atoms with E-state index in [9.17, 15) is 9.59 Å². The number of methoxy groups -OCH3 is 1. The average molecular weight is 418 g/mol. The topological polar surface area (TPSA) is 80.3 Å². The normalized spacial score (nSPS) is 22.9. The molecule has 2 saturated heterocycles. The van der Waals surface area contributed by atoms with Gasteiger partial charge in [0.05, 0.1) is 19.3 Å². The molecule has 4 rings (SSSR count). The van der Waals surface area contributed by atoms with E-state index in [1.54, 1.807) is 12.0 Å². The molecule has 1 saturated carbocycles. The summed E-state index contributed by atoms with van der Waals surface area (Å²) in [4.78, 5) is 28.3. The van der Waals surface area contributed by atoms with Gasteiger partial charge in [-0.3, -0.25) is 4.90 Å². The van der Waals surface area contributed by atoms with E-state index in [1.807, 2.05) is 30.0 Å². The summed E-state index contributed by atoms with van der Waals surface area (Å²) in [7, 11) is 1.62. The highest BCUT2D eigenvalue weighted by Crippen LogP contribution is 2.34. The van der Waals surface area contributed by atoms with Crippen molar-refractivity contribution < 1.29 is 23.8 Å². The molecule has 30 heavy (non-hydrogen) atoms. The van der Waals surface area contributed by atoms with Crippen LogP contribution in [0.2, 0.25) is 0 Å². The van der Waals surface area contributed by atoms with Crippen LogP contribution in [0.5, 0.6) is 11.5 Å². The molecule has 3 fully saturated rings. The van der Waals surface area contributed by atoms with Crippen molar-refractivity contribution in [2.45, 2.75) is 63.6 Å². The molecule has 2 heterocycles. The summed E-state index contributed by atoms with van der Waals surface area (Å²) in [5, 5.41) is 2.98. The Morgan fingerprint density at radius 1 is 1.13 bits per heavy atom. The molecule has 164 valence electrons. The Bertz CT molecular complexity index is 772. The van der Waals surface area contributed by atoms with Gasteiger partial charge >= 0.3 is 12.1 Å². The summed E-state index contributed by atoms with van der Waals surface area (Å²) in [6.07, 6.45) is 5.97. The van der Waals surface area contributed by atoms with Crippen LogP contribution in [0.1, 0.15) is 45.4 Å². The van der Waals surface area contributed by atoms with Crippen LogP contribution in [0.3, 0.4) is 0 Å². The fourth-order valence-electron chi connectivity index (χ4n) is 4.62. The van der Waals surface area contributed by atoms with Crippen molar-refractivity contribution >= 4 is 17.8 Å². The second-order valence-electron chi connectivity index (χ2n) is 8.37. The molecule has 0 aromatic heterocycles. The number of amides is 3. The van der Waals surface area contributed by atoms with E-state index in [-0.39, 0.29) is 30.3 Å². The van der Waals surface area contributed by atoms with E-state index < -0.39 is 0 Å². The molecule has 1 unspecified atom stereocenters. The van der Waals surface area contributed by atoms with Gasteiger partial charge in [0.2, 0.25) is 0 Å². The van der Waals surface area contributed by atoms with Crippen molar-refractivity contribution in [2.75, 3.05) is 32.1 Å². The fraction of sp³-hybridized carbons (Fsp3) is 0.636. The molecule has 0 radical (unpaired) electrons. The van der Waals surface area contributed by atoms with Crippen molar-refractivity contribution in [2.24, 2.45) is 0 Å². The van der Waals surface area contributed by atoms with E-state index in [2.05, 4.69) is 5.32 Å². The smallest absolute Gasteiger partial charge is 0.410 e. The summed E-state index contributed by atoms with van der Waals surface area (Å²) in [6.45, 7) is 3.66. The van der Waals surface area contributed by atoms with E-state index in [1.165, 1.54) is 12.8 Å². The molecule has 0 spiro atoms. The van der Waals surface area contributed by atoms with Gasteiger partial charge in [0.25, 0.3) is 0 Å². The van der Waals surface area contributed by atoms with Crippen molar-refractivity contribution in [3.05, 3.63) is 18.2 Å². The van der Waals surface area contributed by atoms with Crippen molar-refractivity contribution in [3.8, 4) is 11.5 Å². The van der Waals surface area contributed by atoms with Gasteiger partial charge in [-0.05, 0) is 57.6 Å². The van der Waals surface area contributed by atoms with Gasteiger partial charge < -0.3 is 24.4 Å². The van der Waals surface area contributed by atoms with E-state index >= 15 is 0 Å². The van der Waals surface area contributed by atoms with Crippen molar-refractivity contribution in [1.29, 1.82) is 0 Å². The first kappa shape index (κ1) is 20.6. The molecule has 0 bridgehead atoms. The highest BCUT2D eigenvalue weighted by molar-refractivity contribution is 5.89. The monoisotopic (exact) mass is 417 g/mol. The third-order valence-corrected chi connectivity index (χ3v) is 6.29. The van der Waals surface area contributed by atoms with Gasteiger partial charge in [-0.1, -0.05) is 0 Å². The van der Waals surface area contributed by atoms with Crippen LogP contribution < -0.4 is 14.8 Å². The van der Waals surface area contributed by atoms with Gasteiger partial charge in [-0.2, -0.15) is 0 Å². The number of hydrogen-bond donors (Lipinski definition) is 1. The first-order valence-corrected chi connectivity index (χ1v) is 10.9. The van der Waals surface area contributed by atoms with E-state index in [0.717, 1.165) is 25.7 Å². The Kier molecular flexibility index (Phi) is 6.20. The second kappa shape index (κ2) is 9.02. The van der Waals surface area contributed by atoms with Crippen LogP contribution in [0.15, 0.2) is 18.2 Å². The van der Waals surface area contributed by atoms with Gasteiger partial charge in [0, 0.05) is 30.9 Å². The van der Waals surface area contributed by atoms with Gasteiger partial charge in [-0.15, -0.1) is 0 Å². The summed E-state index contributed by atoms with van der Waals surface area (Å²) in [5.74, 6) is 1.34. The van der Waals surface area contributed by atoms with Crippen LogP contribution in [0.4, 0.5) is 15.3 Å². The number of nitrogens with zero attached hydrogens (tertiary/aromatic N) is 2. The third kappa shape index (κ3) is 4.42. The Hall–Kier alpha value is -2.64. The van der Waals surface area contributed by atoms with Gasteiger partial charge in [0.15, 0.2) is 11.5 Å². The number of hydrogen-bond acceptors (Lipinski definition) is 5. The first-order valence-electron chi connectivity index (χ1n) is 10.9. The highest BCUT2D eigenvalue weighted by atomic mass is 16.6. The maximum absolute atomic E-state index is 12.8. The second-order valence-corrected chi connectivity index (χ2v) is 8.37. The van der Waals surface area contributed by atoms with Crippen LogP contribution in [-0.4, -0.2) is 66.9 Å². The number of likely N-dealkylation sites (tertiary alicyclic amines) is 1. The molecule has 3 aliphatic rings. The summed E-state index contributed by atoms with van der Waals surface area (Å²) < 4.78 is 16.7. The Morgan fingerprint density at radius 3 is 2.50 bits per heavy atom. The predicted octanol–water partition coefficient (Wildman–Crippen LogP) is 3.85. The van der Waals surface area contributed by atoms with Crippen molar-refractivity contribution in [3.63, 3.8) is 0 Å². The Balaban J connectivity index is 1.34. The Labute approximate surface area is 177 Å². The number of piperidine rings is 1. The molecule has 8 heteroatoms. The lowest BCUT2D eigenvalue weighted by Gasteiger charge is -2.37. The van der Waals surface area contributed by atoms with Crippen LogP contribution in [0, 0.1) is 0 Å². The maximum Gasteiger partial charge on any atom is 0.410 e. The number of anilines is 1. The number of benzene rings is 1. The zero-order valence-corrected chi connectivity index (χ0v) is 17.8. The van der Waals surface area contributed by atoms with Crippen LogP contribution in [0.25, 0.3) is 0 Å². The zero-order valence-electron chi connectivity index (χ0n) is 17.8. The average Bonchev–Trinajstić information content (AvgIpc) is 3.38. The molecule has 1 aromatic rings. The Morgan fingerprint density at radius 2 is 1.87 bits per heavy atom. The number of rotatable bonds is 5. The van der Waals surface area contributed by atoms with Gasteiger partial charge in [-0.25, -0.2) is 9.59 Å². The molecule has 1 atom stereocenters. The number of ether oxygens (including phenoxy) is 3. The quantitative estimate of drug-likeness (QED) is 0.787. The summed E-state index contributed by atoms with van der Waals surface area (Å²) in [6, 6.07) is 5.58.